The Balaban J connectivity index is 1.59. The summed E-state index contributed by atoms with van der Waals surface area (Å²) < 4.78 is 6.47. The first-order valence-corrected chi connectivity index (χ1v) is 9.56. The minimum absolute atomic E-state index is 0.00441. The molecule has 1 N–H and O–H groups in total. The van der Waals surface area contributed by atoms with Gasteiger partial charge in [-0.05, 0) is 37.0 Å². The predicted molar refractivity (Wildman–Crippen MR) is 98.2 cm³/mol. The highest BCUT2D eigenvalue weighted by molar-refractivity contribution is 9.10. The number of nitrogens with zero attached hydrogens (tertiary/aromatic N) is 2. The van der Waals surface area contributed by atoms with E-state index in [9.17, 15) is 9.59 Å². The van der Waals surface area contributed by atoms with Gasteiger partial charge in [-0.1, -0.05) is 28.1 Å². The van der Waals surface area contributed by atoms with E-state index < -0.39 is 0 Å². The average molecular weight is 410 g/mol. The number of nitrogens with one attached hydrogen (secondary N) is 1. The number of amides is 3. The molecule has 2 heterocycles. The van der Waals surface area contributed by atoms with Crippen molar-refractivity contribution in [2.24, 2.45) is 0 Å². The van der Waals surface area contributed by atoms with E-state index in [4.69, 9.17) is 4.74 Å². The van der Waals surface area contributed by atoms with E-state index in [1.165, 1.54) is 5.56 Å². The summed E-state index contributed by atoms with van der Waals surface area (Å²) in [6.45, 7) is 2.96. The Bertz CT molecular complexity index is 625. The largest absolute Gasteiger partial charge is 0.354 e. The summed E-state index contributed by atoms with van der Waals surface area (Å²) in [6.07, 6.45) is 2.70. The molecule has 6 nitrogen and oxygen atoms in total. The number of halogens is 1. The van der Waals surface area contributed by atoms with Crippen LogP contribution in [-0.2, 0) is 9.53 Å². The van der Waals surface area contributed by atoms with Crippen molar-refractivity contribution in [1.82, 2.24) is 15.1 Å². The Morgan fingerprint density at radius 2 is 2.12 bits per heavy atom. The molecule has 0 spiro atoms. The molecule has 2 aliphatic rings. The molecular formula is C18H24BrN3O3. The lowest BCUT2D eigenvalue weighted by atomic mass is 9.99. The van der Waals surface area contributed by atoms with Crippen LogP contribution in [0.1, 0.15) is 30.7 Å². The van der Waals surface area contributed by atoms with Crippen molar-refractivity contribution >= 4 is 27.9 Å². The molecule has 1 atom stereocenters. The van der Waals surface area contributed by atoms with Gasteiger partial charge in [-0.25, -0.2) is 4.79 Å². The van der Waals surface area contributed by atoms with Crippen LogP contribution in [0.5, 0.6) is 0 Å². The summed E-state index contributed by atoms with van der Waals surface area (Å²) in [7, 11) is 0. The van der Waals surface area contributed by atoms with E-state index in [2.05, 4.69) is 33.4 Å². The number of carbonyl (C=O) groups excluding carboxylic acids is 2. The first-order chi connectivity index (χ1) is 12.1. The van der Waals surface area contributed by atoms with Crippen LogP contribution in [0, 0.1) is 0 Å². The van der Waals surface area contributed by atoms with Crippen LogP contribution in [0.2, 0.25) is 0 Å². The Labute approximate surface area is 156 Å². The van der Waals surface area contributed by atoms with Crippen LogP contribution >= 0.6 is 15.9 Å². The van der Waals surface area contributed by atoms with Crippen molar-refractivity contribution < 1.29 is 14.3 Å². The molecule has 1 aromatic rings. The van der Waals surface area contributed by atoms with Gasteiger partial charge in [0.05, 0.1) is 0 Å². The summed E-state index contributed by atoms with van der Waals surface area (Å²) in [6, 6.07) is 8.31. The van der Waals surface area contributed by atoms with Crippen molar-refractivity contribution in [1.29, 1.82) is 0 Å². The summed E-state index contributed by atoms with van der Waals surface area (Å²) in [5, 5.41) is 2.80. The molecule has 0 aliphatic carbocycles. The molecule has 0 radical (unpaired) electrons. The fraction of sp³-hybridized carbons (Fsp3) is 0.556. The molecule has 2 fully saturated rings. The number of benzene rings is 1. The lowest BCUT2D eigenvalue weighted by molar-refractivity contribution is -0.127. The summed E-state index contributed by atoms with van der Waals surface area (Å²) in [5.74, 6) is 0.249. The predicted octanol–water partition coefficient (Wildman–Crippen LogP) is 2.54. The van der Waals surface area contributed by atoms with Crippen LogP contribution in [0.4, 0.5) is 4.79 Å². The zero-order valence-corrected chi connectivity index (χ0v) is 15.8. The maximum atomic E-state index is 12.9. The fourth-order valence-electron chi connectivity index (χ4n) is 3.34. The van der Waals surface area contributed by atoms with Gasteiger partial charge in [0.15, 0.2) is 0 Å². The highest BCUT2D eigenvalue weighted by Gasteiger charge is 2.30. The van der Waals surface area contributed by atoms with Crippen molar-refractivity contribution in [3.05, 3.63) is 34.3 Å². The maximum Gasteiger partial charge on any atom is 0.321 e. The quantitative estimate of drug-likeness (QED) is 0.774. The number of hydrogen-bond acceptors (Lipinski definition) is 3. The molecular weight excluding hydrogens is 386 g/mol. The summed E-state index contributed by atoms with van der Waals surface area (Å²) in [4.78, 5) is 28.0. The molecule has 7 heteroatoms. The van der Waals surface area contributed by atoms with Crippen LogP contribution < -0.4 is 5.32 Å². The maximum absolute atomic E-state index is 12.9. The Morgan fingerprint density at radius 3 is 2.96 bits per heavy atom. The number of urea groups is 1. The SMILES string of the molecule is O=C1COCN(C(=O)N2CCC(c3cccc(Br)c3)C2)CCCCN1. The van der Waals surface area contributed by atoms with E-state index in [1.807, 2.05) is 17.0 Å². The first kappa shape index (κ1) is 18.2. The second kappa shape index (κ2) is 8.67. The zero-order chi connectivity index (χ0) is 17.6. The van der Waals surface area contributed by atoms with Crippen LogP contribution in [0.25, 0.3) is 0 Å². The van der Waals surface area contributed by atoms with Crippen molar-refractivity contribution in [2.45, 2.75) is 25.2 Å². The summed E-state index contributed by atoms with van der Waals surface area (Å²) >= 11 is 3.51. The van der Waals surface area contributed by atoms with Crippen LogP contribution in [-0.4, -0.2) is 61.3 Å². The van der Waals surface area contributed by atoms with Gasteiger partial charge in [0, 0.05) is 36.6 Å². The van der Waals surface area contributed by atoms with Gasteiger partial charge in [0.1, 0.15) is 13.3 Å². The van der Waals surface area contributed by atoms with E-state index >= 15 is 0 Å². The van der Waals surface area contributed by atoms with E-state index in [0.29, 0.717) is 19.0 Å². The number of carbonyl (C=O) groups is 2. The van der Waals surface area contributed by atoms with E-state index in [1.54, 1.807) is 4.90 Å². The van der Waals surface area contributed by atoms with Gasteiger partial charge < -0.3 is 19.9 Å². The Morgan fingerprint density at radius 1 is 1.24 bits per heavy atom. The highest BCUT2D eigenvalue weighted by Crippen LogP contribution is 2.29. The number of rotatable bonds is 1. The topological polar surface area (TPSA) is 61.9 Å². The van der Waals surface area contributed by atoms with E-state index in [-0.39, 0.29) is 25.3 Å². The first-order valence-electron chi connectivity index (χ1n) is 8.77. The second-order valence-electron chi connectivity index (χ2n) is 6.57. The smallest absolute Gasteiger partial charge is 0.321 e. The highest BCUT2D eigenvalue weighted by atomic mass is 79.9. The molecule has 2 aliphatic heterocycles. The summed E-state index contributed by atoms with van der Waals surface area (Å²) in [5.41, 5.74) is 1.26. The number of hydrogen-bond donors (Lipinski definition) is 1. The van der Waals surface area contributed by atoms with Gasteiger partial charge in [0.2, 0.25) is 5.91 Å². The molecule has 2 saturated heterocycles. The van der Waals surface area contributed by atoms with Gasteiger partial charge in [-0.15, -0.1) is 0 Å². The number of ether oxygens (including phenoxy) is 1. The molecule has 3 rings (SSSR count). The van der Waals surface area contributed by atoms with Crippen molar-refractivity contribution in [2.75, 3.05) is 39.5 Å². The lowest BCUT2D eigenvalue weighted by Crippen LogP contribution is -2.45. The molecule has 3 amide bonds. The average Bonchev–Trinajstić information content (AvgIpc) is 3.10. The van der Waals surface area contributed by atoms with E-state index in [0.717, 1.165) is 36.8 Å². The van der Waals surface area contributed by atoms with Gasteiger partial charge in [0.25, 0.3) is 0 Å². The van der Waals surface area contributed by atoms with Crippen LogP contribution in [0.15, 0.2) is 28.7 Å². The zero-order valence-electron chi connectivity index (χ0n) is 14.2. The normalized spacial score (nSPS) is 22.6. The Hall–Kier alpha value is -1.60. The molecule has 0 bridgehead atoms. The van der Waals surface area contributed by atoms with Crippen molar-refractivity contribution in [3.63, 3.8) is 0 Å². The molecule has 1 unspecified atom stereocenters. The van der Waals surface area contributed by atoms with Gasteiger partial charge in [-0.3, -0.25) is 4.79 Å². The Kier molecular flexibility index (Phi) is 6.31. The lowest BCUT2D eigenvalue weighted by Gasteiger charge is -2.28. The minimum atomic E-state index is -0.120. The fourth-order valence-corrected chi connectivity index (χ4v) is 3.75. The molecule has 0 aromatic heterocycles. The minimum Gasteiger partial charge on any atom is -0.354 e. The standard InChI is InChI=1S/C18H24BrN3O3/c19-16-5-3-4-14(10-16)15-6-9-21(11-15)18(24)22-8-2-1-7-20-17(23)12-25-13-22/h3-5,10,15H,1-2,6-9,11-13H2,(H,20,23). The third-order valence-electron chi connectivity index (χ3n) is 4.71. The van der Waals surface area contributed by atoms with Gasteiger partial charge >= 0.3 is 6.03 Å². The monoisotopic (exact) mass is 409 g/mol. The third-order valence-corrected chi connectivity index (χ3v) is 5.20. The molecule has 1 aromatic carbocycles. The second-order valence-corrected chi connectivity index (χ2v) is 7.48. The van der Waals surface area contributed by atoms with Gasteiger partial charge in [-0.2, -0.15) is 0 Å². The third kappa shape index (κ3) is 4.95. The van der Waals surface area contributed by atoms with Crippen molar-refractivity contribution in [3.8, 4) is 0 Å². The number of likely N-dealkylation sites (tertiary alicyclic amines) is 1. The molecule has 0 saturated carbocycles. The van der Waals surface area contributed by atoms with Crippen LogP contribution in [0.3, 0.4) is 0 Å². The molecule has 25 heavy (non-hydrogen) atoms. The molecule has 136 valence electrons.